The fourth-order valence-corrected chi connectivity index (χ4v) is 11.5. The van der Waals surface area contributed by atoms with Crippen LogP contribution in [0.3, 0.4) is 0 Å². The first-order valence-corrected chi connectivity index (χ1v) is 21.6. The van der Waals surface area contributed by atoms with E-state index in [4.69, 9.17) is 0 Å². The van der Waals surface area contributed by atoms with Crippen molar-refractivity contribution in [3.63, 3.8) is 0 Å². The second-order valence-corrected chi connectivity index (χ2v) is 16.9. The van der Waals surface area contributed by atoms with Gasteiger partial charge in [-0.25, -0.2) is 0 Å². The first-order valence-electron chi connectivity index (χ1n) is 20.7. The Kier molecular flexibility index (Phi) is 7.91. The summed E-state index contributed by atoms with van der Waals surface area (Å²) in [5.74, 6) is 0. The first kappa shape index (κ1) is 34.8. The van der Waals surface area contributed by atoms with Crippen molar-refractivity contribution < 1.29 is 0 Å². The minimum Gasteiger partial charge on any atom is -0.310 e. The Hall–Kier alpha value is -7.26. The molecule has 0 unspecified atom stereocenters. The van der Waals surface area contributed by atoms with Crippen LogP contribution in [0.15, 0.2) is 236 Å². The van der Waals surface area contributed by atoms with Gasteiger partial charge in [0.1, 0.15) is 0 Å². The van der Waals surface area contributed by atoms with Gasteiger partial charge in [-0.05, 0) is 120 Å². The highest BCUT2D eigenvalue weighted by atomic mass is 32.1. The molecule has 9 aromatic carbocycles. The maximum absolute atomic E-state index is 2.48. The van der Waals surface area contributed by atoms with Gasteiger partial charge < -0.3 is 4.90 Å². The zero-order chi connectivity index (χ0) is 39.7. The fourth-order valence-electron chi connectivity index (χ4n) is 10.7. The van der Waals surface area contributed by atoms with Crippen molar-refractivity contribution in [3.8, 4) is 22.3 Å². The average Bonchev–Trinajstić information content (AvgIpc) is 4.00. The Morgan fingerprint density at radius 2 is 0.717 bits per heavy atom. The molecule has 2 aliphatic rings. The van der Waals surface area contributed by atoms with Crippen molar-refractivity contribution in [3.05, 3.63) is 280 Å². The smallest absolute Gasteiger partial charge is 0.0714 e. The summed E-state index contributed by atoms with van der Waals surface area (Å²) in [5.41, 5.74) is 17.8. The van der Waals surface area contributed by atoms with Gasteiger partial charge >= 0.3 is 0 Å². The third-order valence-electron chi connectivity index (χ3n) is 13.1. The molecule has 0 fully saturated rings. The molecule has 0 atom stereocenters. The summed E-state index contributed by atoms with van der Waals surface area (Å²) >= 11 is 1.79. The van der Waals surface area contributed by atoms with E-state index in [2.05, 4.69) is 241 Å². The molecule has 0 N–H and O–H groups in total. The topological polar surface area (TPSA) is 3.24 Å². The van der Waals surface area contributed by atoms with E-state index in [1.165, 1.54) is 76.8 Å². The summed E-state index contributed by atoms with van der Waals surface area (Å²) in [6.07, 6.45) is 0. The molecule has 0 aliphatic heterocycles. The van der Waals surface area contributed by atoms with Crippen LogP contribution in [0.4, 0.5) is 17.1 Å². The van der Waals surface area contributed by atoms with Crippen molar-refractivity contribution in [1.82, 2.24) is 0 Å². The predicted octanol–water partition coefficient (Wildman–Crippen LogP) is 15.1. The minimum atomic E-state index is -0.504. The molecule has 0 saturated carbocycles. The Morgan fingerprint density at radius 3 is 1.30 bits per heavy atom. The lowest BCUT2D eigenvalue weighted by atomic mass is 9.67. The molecule has 0 saturated heterocycles. The molecule has 2 aliphatic carbocycles. The summed E-state index contributed by atoms with van der Waals surface area (Å²) in [4.78, 5) is 2.48. The molecule has 60 heavy (non-hydrogen) atoms. The number of hydrogen-bond acceptors (Lipinski definition) is 2. The van der Waals surface area contributed by atoms with Crippen LogP contribution in [-0.4, -0.2) is 0 Å². The summed E-state index contributed by atoms with van der Waals surface area (Å²) in [6.45, 7) is 0. The van der Waals surface area contributed by atoms with E-state index < -0.39 is 10.8 Å². The van der Waals surface area contributed by atoms with Gasteiger partial charge in [-0.1, -0.05) is 188 Å². The quantitative estimate of drug-likeness (QED) is 0.156. The van der Waals surface area contributed by atoms with E-state index in [1.54, 1.807) is 11.3 Å². The number of hydrogen-bond donors (Lipinski definition) is 0. The molecule has 2 heteroatoms. The summed E-state index contributed by atoms with van der Waals surface area (Å²) in [7, 11) is 0. The lowest BCUT2D eigenvalue weighted by molar-refractivity contribution is 0.768. The first-order chi connectivity index (χ1) is 29.8. The van der Waals surface area contributed by atoms with Crippen molar-refractivity contribution in [1.29, 1.82) is 0 Å². The van der Waals surface area contributed by atoms with Gasteiger partial charge in [-0.3, -0.25) is 0 Å². The monoisotopic (exact) mass is 781 g/mol. The lowest BCUT2D eigenvalue weighted by Gasteiger charge is -2.35. The number of nitrogens with zero attached hydrogens (tertiary/aromatic N) is 1. The molecule has 12 rings (SSSR count). The summed E-state index contributed by atoms with van der Waals surface area (Å²) < 4.78 is 1.27. The molecule has 10 aromatic rings. The van der Waals surface area contributed by atoms with Crippen LogP contribution in [0.25, 0.3) is 32.3 Å². The Bertz CT molecular complexity index is 3120. The van der Waals surface area contributed by atoms with E-state index in [0.717, 1.165) is 17.1 Å². The summed E-state index contributed by atoms with van der Waals surface area (Å²) in [5, 5.41) is 3.46. The zero-order valence-corrected chi connectivity index (χ0v) is 33.7. The van der Waals surface area contributed by atoms with Crippen LogP contribution in [0.2, 0.25) is 0 Å². The van der Waals surface area contributed by atoms with Crippen molar-refractivity contribution in [2.75, 3.05) is 4.90 Å². The van der Waals surface area contributed by atoms with Gasteiger partial charge in [-0.15, -0.1) is 11.3 Å². The van der Waals surface area contributed by atoms with Crippen LogP contribution < -0.4 is 4.90 Å². The van der Waals surface area contributed by atoms with Gasteiger partial charge in [-0.2, -0.15) is 0 Å². The number of anilines is 3. The highest BCUT2D eigenvalue weighted by Gasteiger charge is 2.48. The van der Waals surface area contributed by atoms with E-state index in [9.17, 15) is 0 Å². The molecule has 1 aromatic heterocycles. The molecule has 0 spiro atoms. The molecule has 1 heterocycles. The third-order valence-corrected chi connectivity index (χ3v) is 14.0. The predicted molar refractivity (Wildman–Crippen MR) is 251 cm³/mol. The van der Waals surface area contributed by atoms with Crippen LogP contribution >= 0.6 is 11.3 Å². The standard InChI is InChI=1S/C58H39NS/c1-5-17-41(18-6-1)57(42-19-7-2-8-20-42)53-28-16-14-26-49(53)51-37-45(32-34-54(51)57)59(47-30-29-40-35-36-60-56(40)39-47)46-31-33-50-48-25-13-15-27-52(48)58(55(50)38-46,43-21-9-3-10-22-43)44-23-11-4-12-24-44/h1-39H. The molecular formula is C58H39NS. The molecule has 0 radical (unpaired) electrons. The van der Waals surface area contributed by atoms with Gasteiger partial charge in [0.25, 0.3) is 0 Å². The maximum atomic E-state index is 2.48. The van der Waals surface area contributed by atoms with Gasteiger partial charge in [0, 0.05) is 21.8 Å². The summed E-state index contributed by atoms with van der Waals surface area (Å²) in [6, 6.07) is 85.9. The lowest BCUT2D eigenvalue weighted by Crippen LogP contribution is -2.28. The van der Waals surface area contributed by atoms with Crippen LogP contribution in [0.5, 0.6) is 0 Å². The van der Waals surface area contributed by atoms with E-state index >= 15 is 0 Å². The average molecular weight is 782 g/mol. The van der Waals surface area contributed by atoms with Crippen LogP contribution in [0, 0.1) is 0 Å². The Balaban J connectivity index is 1.13. The van der Waals surface area contributed by atoms with Gasteiger partial charge in [0.2, 0.25) is 0 Å². The fraction of sp³-hybridized carbons (Fsp3) is 0.0345. The largest absolute Gasteiger partial charge is 0.310 e. The van der Waals surface area contributed by atoms with E-state index in [-0.39, 0.29) is 0 Å². The Morgan fingerprint density at radius 1 is 0.300 bits per heavy atom. The van der Waals surface area contributed by atoms with Crippen LogP contribution in [-0.2, 0) is 10.8 Å². The molecule has 282 valence electrons. The number of benzene rings is 9. The van der Waals surface area contributed by atoms with Crippen molar-refractivity contribution in [2.45, 2.75) is 10.8 Å². The van der Waals surface area contributed by atoms with Crippen LogP contribution in [0.1, 0.15) is 44.5 Å². The number of fused-ring (bicyclic) bond motifs is 7. The Labute approximate surface area is 355 Å². The highest BCUT2D eigenvalue weighted by molar-refractivity contribution is 7.17. The minimum absolute atomic E-state index is 0.460. The SMILES string of the molecule is c1ccc(C2(c3ccccc3)c3ccccc3-c3cc(N(c4ccc5c(c4)C(c4ccccc4)(c4ccccc4)c4ccccc4-5)c4ccc5ccsc5c4)ccc32)cc1. The van der Waals surface area contributed by atoms with E-state index in [0.29, 0.717) is 0 Å². The highest BCUT2D eigenvalue weighted by Crippen LogP contribution is 2.59. The molecule has 0 amide bonds. The molecule has 1 nitrogen and oxygen atoms in total. The van der Waals surface area contributed by atoms with Crippen molar-refractivity contribution in [2.24, 2.45) is 0 Å². The molecule has 0 bridgehead atoms. The normalized spacial score (nSPS) is 13.9. The van der Waals surface area contributed by atoms with Gasteiger partial charge in [0.15, 0.2) is 0 Å². The third kappa shape index (κ3) is 4.92. The zero-order valence-electron chi connectivity index (χ0n) is 32.9. The second-order valence-electron chi connectivity index (χ2n) is 16.0. The van der Waals surface area contributed by atoms with Gasteiger partial charge in [0.05, 0.1) is 10.8 Å². The maximum Gasteiger partial charge on any atom is 0.0714 e. The van der Waals surface area contributed by atoms with E-state index in [1.807, 2.05) is 0 Å². The number of rotatable bonds is 7. The number of thiophene rings is 1. The second kappa shape index (κ2) is 13.7. The molecular weight excluding hydrogens is 743 g/mol. The van der Waals surface area contributed by atoms with Crippen molar-refractivity contribution >= 4 is 38.5 Å².